The largest absolute Gasteiger partial charge is 0.489 e. The summed E-state index contributed by atoms with van der Waals surface area (Å²) >= 11 is 9.90. The van der Waals surface area contributed by atoms with Gasteiger partial charge in [0.1, 0.15) is 11.9 Å². The Morgan fingerprint density at radius 3 is 2.43 bits per heavy atom. The number of hydrogen-bond acceptors (Lipinski definition) is 5. The Morgan fingerprint density at radius 2 is 1.75 bits per heavy atom. The number of rotatable bonds is 5. The second kappa shape index (κ2) is 9.42. The summed E-state index contributed by atoms with van der Waals surface area (Å²) in [5.41, 5.74) is 1.27. The van der Waals surface area contributed by atoms with Crippen LogP contribution < -0.4 is 9.64 Å². The first-order chi connectivity index (χ1) is 13.7. The van der Waals surface area contributed by atoms with Gasteiger partial charge < -0.3 is 9.64 Å². The average Bonchev–Trinajstić information content (AvgIpc) is 2.72. The Balaban J connectivity index is 1.30. The van der Waals surface area contributed by atoms with Gasteiger partial charge in [-0.25, -0.2) is 9.97 Å². The summed E-state index contributed by atoms with van der Waals surface area (Å²) < 4.78 is 7.11. The molecular formula is C21H26BrClN4O. The Hall–Kier alpha value is -1.37. The predicted octanol–water partition coefficient (Wildman–Crippen LogP) is 4.93. The number of nitrogens with zero attached hydrogens (tertiary/aromatic N) is 4. The number of aromatic nitrogens is 2. The van der Waals surface area contributed by atoms with Gasteiger partial charge in [0.2, 0.25) is 5.95 Å². The third-order valence-electron chi connectivity index (χ3n) is 5.48. The first-order valence-corrected chi connectivity index (χ1v) is 11.2. The number of hydrogen-bond donors (Lipinski definition) is 0. The molecule has 2 aromatic rings. The van der Waals surface area contributed by atoms with E-state index in [1.165, 1.54) is 37.9 Å². The second-order valence-electron chi connectivity index (χ2n) is 7.61. The summed E-state index contributed by atoms with van der Waals surface area (Å²) in [6.07, 6.45) is 9.59. The summed E-state index contributed by atoms with van der Waals surface area (Å²) in [6.45, 7) is 5.13. The lowest BCUT2D eigenvalue weighted by Gasteiger charge is -2.32. The van der Waals surface area contributed by atoms with Crippen LogP contribution in [0.3, 0.4) is 0 Å². The molecule has 0 N–H and O–H groups in total. The number of ether oxygens (including phenoxy) is 1. The lowest BCUT2D eigenvalue weighted by atomic mass is 10.1. The molecule has 0 atom stereocenters. The molecule has 2 saturated heterocycles. The first kappa shape index (κ1) is 19.9. The van der Waals surface area contributed by atoms with Crippen molar-refractivity contribution in [1.29, 1.82) is 0 Å². The van der Waals surface area contributed by atoms with Gasteiger partial charge in [-0.05, 0) is 59.6 Å². The monoisotopic (exact) mass is 464 g/mol. The zero-order chi connectivity index (χ0) is 19.3. The zero-order valence-electron chi connectivity index (χ0n) is 16.0. The minimum atomic E-state index is 0.178. The molecule has 28 heavy (non-hydrogen) atoms. The van der Waals surface area contributed by atoms with Crippen LogP contribution in [0.25, 0.3) is 0 Å². The summed E-state index contributed by atoms with van der Waals surface area (Å²) in [5, 5.41) is 0.716. The fourth-order valence-electron chi connectivity index (χ4n) is 3.94. The van der Waals surface area contributed by atoms with Crippen LogP contribution in [-0.4, -0.2) is 47.2 Å². The average molecular weight is 466 g/mol. The SMILES string of the molecule is Clc1cc(CN2CCCCC2)ccc1OC1CCN(c2ncc(Br)cn2)CC1. The number of piperidine rings is 2. The van der Waals surface area contributed by atoms with Gasteiger partial charge in [-0.3, -0.25) is 4.90 Å². The second-order valence-corrected chi connectivity index (χ2v) is 8.93. The van der Waals surface area contributed by atoms with E-state index >= 15 is 0 Å². The molecule has 0 unspecified atom stereocenters. The smallest absolute Gasteiger partial charge is 0.225 e. The Morgan fingerprint density at radius 1 is 1.04 bits per heavy atom. The van der Waals surface area contributed by atoms with Crippen molar-refractivity contribution in [2.24, 2.45) is 0 Å². The molecule has 0 aliphatic carbocycles. The maximum atomic E-state index is 6.53. The number of benzene rings is 1. The highest BCUT2D eigenvalue weighted by Crippen LogP contribution is 2.29. The predicted molar refractivity (Wildman–Crippen MR) is 116 cm³/mol. The van der Waals surface area contributed by atoms with E-state index in [0.717, 1.165) is 48.6 Å². The molecule has 2 aliphatic heterocycles. The van der Waals surface area contributed by atoms with Crippen molar-refractivity contribution in [1.82, 2.24) is 14.9 Å². The van der Waals surface area contributed by atoms with E-state index in [2.05, 4.69) is 47.8 Å². The van der Waals surface area contributed by atoms with Gasteiger partial charge >= 0.3 is 0 Å². The molecule has 5 nitrogen and oxygen atoms in total. The maximum absolute atomic E-state index is 6.53. The van der Waals surface area contributed by atoms with Crippen molar-refractivity contribution in [3.05, 3.63) is 45.7 Å². The molecule has 7 heteroatoms. The quantitative estimate of drug-likeness (QED) is 0.626. The van der Waals surface area contributed by atoms with Crippen molar-refractivity contribution in [3.8, 4) is 5.75 Å². The van der Waals surface area contributed by atoms with Gasteiger partial charge in [0.25, 0.3) is 0 Å². The van der Waals surface area contributed by atoms with Gasteiger partial charge in [-0.15, -0.1) is 0 Å². The van der Waals surface area contributed by atoms with Gasteiger partial charge in [0, 0.05) is 44.9 Å². The normalized spacial score (nSPS) is 19.0. The minimum absolute atomic E-state index is 0.178. The summed E-state index contributed by atoms with van der Waals surface area (Å²) in [4.78, 5) is 13.5. The van der Waals surface area contributed by atoms with E-state index in [9.17, 15) is 0 Å². The van der Waals surface area contributed by atoms with Crippen LogP contribution in [0.2, 0.25) is 5.02 Å². The van der Waals surface area contributed by atoms with Crippen LogP contribution >= 0.6 is 27.5 Å². The molecule has 0 saturated carbocycles. The maximum Gasteiger partial charge on any atom is 0.225 e. The fourth-order valence-corrected chi connectivity index (χ4v) is 4.39. The Kier molecular flexibility index (Phi) is 6.70. The van der Waals surface area contributed by atoms with Crippen LogP contribution in [0, 0.1) is 0 Å². The lowest BCUT2D eigenvalue weighted by molar-refractivity contribution is 0.170. The zero-order valence-corrected chi connectivity index (χ0v) is 18.3. The number of likely N-dealkylation sites (tertiary alicyclic amines) is 1. The standard InChI is InChI=1S/C21H26BrClN4O/c22-17-13-24-21(25-14-17)27-10-6-18(7-11-27)28-20-5-4-16(12-19(20)23)15-26-8-2-1-3-9-26/h4-5,12-14,18H,1-3,6-11,15H2. The summed E-state index contributed by atoms with van der Waals surface area (Å²) in [6, 6.07) is 6.25. The van der Waals surface area contributed by atoms with E-state index < -0.39 is 0 Å². The van der Waals surface area contributed by atoms with Gasteiger partial charge in [0.05, 0.1) is 9.50 Å². The minimum Gasteiger partial charge on any atom is -0.489 e. The molecule has 2 fully saturated rings. The molecular weight excluding hydrogens is 440 g/mol. The van der Waals surface area contributed by atoms with Gasteiger partial charge in [-0.2, -0.15) is 0 Å². The highest BCUT2D eigenvalue weighted by Gasteiger charge is 2.23. The van der Waals surface area contributed by atoms with Crippen LogP contribution in [0.5, 0.6) is 5.75 Å². The molecule has 4 rings (SSSR count). The Bertz CT molecular complexity index is 774. The molecule has 0 radical (unpaired) electrons. The molecule has 1 aromatic carbocycles. The number of halogens is 2. The highest BCUT2D eigenvalue weighted by molar-refractivity contribution is 9.10. The van der Waals surface area contributed by atoms with E-state index in [1.807, 2.05) is 6.07 Å². The van der Waals surface area contributed by atoms with Crippen LogP contribution in [0.4, 0.5) is 5.95 Å². The van der Waals surface area contributed by atoms with E-state index in [1.54, 1.807) is 12.4 Å². The topological polar surface area (TPSA) is 41.5 Å². The third-order valence-corrected chi connectivity index (χ3v) is 6.18. The molecule has 3 heterocycles. The van der Waals surface area contributed by atoms with E-state index in [4.69, 9.17) is 16.3 Å². The molecule has 1 aromatic heterocycles. The van der Waals surface area contributed by atoms with Crippen molar-refractivity contribution in [2.45, 2.75) is 44.8 Å². The van der Waals surface area contributed by atoms with E-state index in [0.29, 0.717) is 5.02 Å². The lowest BCUT2D eigenvalue weighted by Crippen LogP contribution is -2.39. The van der Waals surface area contributed by atoms with Gasteiger partial charge in [0.15, 0.2) is 0 Å². The van der Waals surface area contributed by atoms with Crippen molar-refractivity contribution >= 4 is 33.5 Å². The molecule has 0 bridgehead atoms. The summed E-state index contributed by atoms with van der Waals surface area (Å²) in [7, 11) is 0. The van der Waals surface area contributed by atoms with Crippen LogP contribution in [0.1, 0.15) is 37.7 Å². The third kappa shape index (κ3) is 5.16. The van der Waals surface area contributed by atoms with Crippen molar-refractivity contribution in [2.75, 3.05) is 31.1 Å². The molecule has 0 spiro atoms. The van der Waals surface area contributed by atoms with Gasteiger partial charge in [-0.1, -0.05) is 24.1 Å². The first-order valence-electron chi connectivity index (χ1n) is 10.1. The van der Waals surface area contributed by atoms with Crippen LogP contribution in [-0.2, 0) is 6.54 Å². The number of anilines is 1. The van der Waals surface area contributed by atoms with Crippen molar-refractivity contribution < 1.29 is 4.74 Å². The summed E-state index contributed by atoms with van der Waals surface area (Å²) in [5.74, 6) is 1.57. The molecule has 150 valence electrons. The Labute approximate surface area is 180 Å². The molecule has 2 aliphatic rings. The van der Waals surface area contributed by atoms with E-state index in [-0.39, 0.29) is 6.10 Å². The van der Waals surface area contributed by atoms with Crippen LogP contribution in [0.15, 0.2) is 35.1 Å². The highest BCUT2D eigenvalue weighted by atomic mass is 79.9. The molecule has 0 amide bonds. The van der Waals surface area contributed by atoms with Crippen molar-refractivity contribution in [3.63, 3.8) is 0 Å². The fraction of sp³-hybridized carbons (Fsp3) is 0.524.